The number of aromatic nitrogens is 2. The van der Waals surface area contributed by atoms with Crippen LogP contribution in [0, 0.1) is 6.92 Å². The van der Waals surface area contributed by atoms with E-state index in [0.717, 1.165) is 18.1 Å². The van der Waals surface area contributed by atoms with Gasteiger partial charge in [0.2, 0.25) is 0 Å². The highest BCUT2D eigenvalue weighted by Crippen LogP contribution is 2.13. The summed E-state index contributed by atoms with van der Waals surface area (Å²) in [6, 6.07) is 0. The molecule has 1 aromatic rings. The Bertz CT molecular complexity index is 242. The van der Waals surface area contributed by atoms with Crippen molar-refractivity contribution in [1.82, 2.24) is 5.16 Å². The zero-order valence-corrected chi connectivity index (χ0v) is 7.59. The fourth-order valence-corrected chi connectivity index (χ4v) is 0.990. The first-order chi connectivity index (χ1) is 5.16. The minimum atomic E-state index is 0.459. The highest BCUT2D eigenvalue weighted by molar-refractivity contribution is 4.79. The molecule has 0 radical (unpaired) electrons. The minimum Gasteiger partial charge on any atom is -0.218 e. The van der Waals surface area contributed by atoms with E-state index in [4.69, 9.17) is 4.52 Å². The molecule has 0 fully saturated rings. The van der Waals surface area contributed by atoms with Gasteiger partial charge in [-0.3, -0.25) is 0 Å². The number of nitrogens with zero attached hydrogens (tertiary/aromatic N) is 2. The standard InChI is InChI=1S/C8H15N2O/c1-5-6(2)8-10(4)7(3)9-11-8/h6H,5H2,1-4H3/q+1. The summed E-state index contributed by atoms with van der Waals surface area (Å²) in [7, 11) is 1.98. The fraction of sp³-hybridized carbons (Fsp3) is 0.750. The Hall–Kier alpha value is -0.860. The van der Waals surface area contributed by atoms with Crippen LogP contribution in [0.1, 0.15) is 37.9 Å². The van der Waals surface area contributed by atoms with Crippen LogP contribution in [0.15, 0.2) is 4.52 Å². The maximum atomic E-state index is 5.16. The second-order valence-corrected chi connectivity index (χ2v) is 2.94. The van der Waals surface area contributed by atoms with Crippen molar-refractivity contribution in [3.05, 3.63) is 11.7 Å². The van der Waals surface area contributed by atoms with Crippen LogP contribution in [0.3, 0.4) is 0 Å². The molecule has 0 bridgehead atoms. The van der Waals surface area contributed by atoms with Crippen LogP contribution >= 0.6 is 0 Å². The van der Waals surface area contributed by atoms with E-state index in [2.05, 4.69) is 19.0 Å². The lowest BCUT2D eigenvalue weighted by Crippen LogP contribution is -2.34. The highest BCUT2D eigenvalue weighted by Gasteiger charge is 2.21. The van der Waals surface area contributed by atoms with Gasteiger partial charge in [-0.25, -0.2) is 4.52 Å². The first-order valence-corrected chi connectivity index (χ1v) is 3.99. The summed E-state index contributed by atoms with van der Waals surface area (Å²) in [5.74, 6) is 2.35. The summed E-state index contributed by atoms with van der Waals surface area (Å²) >= 11 is 0. The zero-order valence-electron chi connectivity index (χ0n) is 7.59. The van der Waals surface area contributed by atoms with Gasteiger partial charge >= 0.3 is 11.7 Å². The number of hydrogen-bond donors (Lipinski definition) is 0. The summed E-state index contributed by atoms with van der Waals surface area (Å²) in [6.45, 7) is 6.22. The molecule has 3 nitrogen and oxygen atoms in total. The minimum absolute atomic E-state index is 0.459. The first-order valence-electron chi connectivity index (χ1n) is 3.99. The fourth-order valence-electron chi connectivity index (χ4n) is 0.990. The lowest BCUT2D eigenvalue weighted by molar-refractivity contribution is -0.690. The van der Waals surface area contributed by atoms with Crippen molar-refractivity contribution in [3.63, 3.8) is 0 Å². The lowest BCUT2D eigenvalue weighted by atomic mass is 10.1. The Morgan fingerprint density at radius 1 is 1.64 bits per heavy atom. The van der Waals surface area contributed by atoms with Gasteiger partial charge < -0.3 is 0 Å². The van der Waals surface area contributed by atoms with E-state index >= 15 is 0 Å². The van der Waals surface area contributed by atoms with Crippen LogP contribution in [-0.4, -0.2) is 5.16 Å². The SMILES string of the molecule is CCC(C)c1onc(C)[n+]1C. The number of rotatable bonds is 2. The van der Waals surface area contributed by atoms with Gasteiger partial charge in [0.15, 0.2) is 5.16 Å². The summed E-state index contributed by atoms with van der Waals surface area (Å²) in [5.41, 5.74) is 0. The first kappa shape index (κ1) is 8.24. The van der Waals surface area contributed by atoms with E-state index < -0.39 is 0 Å². The predicted molar refractivity (Wildman–Crippen MR) is 41.1 cm³/mol. The quantitative estimate of drug-likeness (QED) is 0.603. The molecule has 1 atom stereocenters. The average molecular weight is 155 g/mol. The summed E-state index contributed by atoms with van der Waals surface area (Å²) < 4.78 is 7.15. The molecule has 0 saturated heterocycles. The van der Waals surface area contributed by atoms with Gasteiger partial charge in [-0.1, -0.05) is 13.8 Å². The maximum Gasteiger partial charge on any atom is 0.345 e. The molecule has 62 valence electrons. The largest absolute Gasteiger partial charge is 0.345 e. The maximum absolute atomic E-state index is 5.16. The Morgan fingerprint density at radius 2 is 2.27 bits per heavy atom. The average Bonchev–Trinajstić information content (AvgIpc) is 2.32. The van der Waals surface area contributed by atoms with E-state index in [1.807, 2.05) is 18.5 Å². The van der Waals surface area contributed by atoms with Gasteiger partial charge in [0.1, 0.15) is 0 Å². The monoisotopic (exact) mass is 155 g/mol. The molecule has 1 rings (SSSR count). The van der Waals surface area contributed by atoms with Crippen LogP contribution < -0.4 is 4.57 Å². The summed E-state index contributed by atoms with van der Waals surface area (Å²) in [5, 5.41) is 3.87. The van der Waals surface area contributed by atoms with Crippen LogP contribution in [0.2, 0.25) is 0 Å². The van der Waals surface area contributed by atoms with E-state index in [9.17, 15) is 0 Å². The van der Waals surface area contributed by atoms with Gasteiger partial charge in [-0.05, 0) is 6.42 Å². The molecule has 1 unspecified atom stereocenters. The molecule has 0 saturated carbocycles. The van der Waals surface area contributed by atoms with Gasteiger partial charge in [-0.15, -0.1) is 0 Å². The smallest absolute Gasteiger partial charge is 0.218 e. The zero-order chi connectivity index (χ0) is 8.43. The molecule has 11 heavy (non-hydrogen) atoms. The Kier molecular flexibility index (Phi) is 2.27. The van der Waals surface area contributed by atoms with Gasteiger partial charge in [0.25, 0.3) is 0 Å². The molecule has 3 heteroatoms. The van der Waals surface area contributed by atoms with Crippen molar-refractivity contribution in [2.45, 2.75) is 33.1 Å². The summed E-state index contributed by atoms with van der Waals surface area (Å²) in [6.07, 6.45) is 1.09. The van der Waals surface area contributed by atoms with Crippen LogP contribution in [0.25, 0.3) is 0 Å². The van der Waals surface area contributed by atoms with Crippen molar-refractivity contribution in [3.8, 4) is 0 Å². The third kappa shape index (κ3) is 1.42. The predicted octanol–water partition coefficient (Wildman–Crippen LogP) is 1.32. The molecule has 0 N–H and O–H groups in total. The van der Waals surface area contributed by atoms with Crippen molar-refractivity contribution in [1.29, 1.82) is 0 Å². The molecule has 0 aliphatic rings. The molecular formula is C8H15N2O+. The normalized spacial score (nSPS) is 13.5. The third-order valence-electron chi connectivity index (χ3n) is 2.12. The summed E-state index contributed by atoms with van der Waals surface area (Å²) in [4.78, 5) is 0. The second-order valence-electron chi connectivity index (χ2n) is 2.94. The highest BCUT2D eigenvalue weighted by atomic mass is 16.5. The Balaban J connectivity index is 2.94. The molecule has 0 aromatic carbocycles. The van der Waals surface area contributed by atoms with Gasteiger partial charge in [-0.2, -0.15) is 4.57 Å². The lowest BCUT2D eigenvalue weighted by Gasteiger charge is -1.98. The molecule has 0 spiro atoms. The second kappa shape index (κ2) is 3.03. The Labute approximate surface area is 67.0 Å². The number of aryl methyl sites for hydroxylation is 1. The van der Waals surface area contributed by atoms with Gasteiger partial charge in [0, 0.05) is 6.92 Å². The molecule has 0 aliphatic heterocycles. The molecule has 1 heterocycles. The molecule has 1 aromatic heterocycles. The molecular weight excluding hydrogens is 140 g/mol. The Morgan fingerprint density at radius 3 is 2.64 bits per heavy atom. The van der Waals surface area contributed by atoms with Crippen molar-refractivity contribution in [2.24, 2.45) is 7.05 Å². The van der Waals surface area contributed by atoms with Crippen molar-refractivity contribution < 1.29 is 9.09 Å². The number of hydrogen-bond acceptors (Lipinski definition) is 2. The van der Waals surface area contributed by atoms with Gasteiger partial charge in [0.05, 0.1) is 13.0 Å². The van der Waals surface area contributed by atoms with E-state index in [0.29, 0.717) is 5.92 Å². The molecule has 0 aliphatic carbocycles. The van der Waals surface area contributed by atoms with Crippen LogP contribution in [-0.2, 0) is 7.05 Å². The van der Waals surface area contributed by atoms with Crippen molar-refractivity contribution >= 4 is 0 Å². The molecule has 0 amide bonds. The van der Waals surface area contributed by atoms with E-state index in [1.54, 1.807) is 0 Å². The third-order valence-corrected chi connectivity index (χ3v) is 2.12. The van der Waals surface area contributed by atoms with Crippen LogP contribution in [0.4, 0.5) is 0 Å². The topological polar surface area (TPSA) is 29.9 Å². The van der Waals surface area contributed by atoms with Crippen LogP contribution in [0.5, 0.6) is 0 Å². The van der Waals surface area contributed by atoms with E-state index in [1.165, 1.54) is 0 Å². The van der Waals surface area contributed by atoms with E-state index in [-0.39, 0.29) is 0 Å². The van der Waals surface area contributed by atoms with Crippen molar-refractivity contribution in [2.75, 3.05) is 0 Å².